The molecule has 3 heterocycles. The van der Waals surface area contributed by atoms with Gasteiger partial charge in [0.15, 0.2) is 5.78 Å². The lowest BCUT2D eigenvalue weighted by Gasteiger charge is -2.33. The number of nitrogens with one attached hydrogen (secondary N) is 2. The summed E-state index contributed by atoms with van der Waals surface area (Å²) in [5, 5.41) is 14.9. The van der Waals surface area contributed by atoms with Gasteiger partial charge >= 0.3 is 12.1 Å². The quantitative estimate of drug-likeness (QED) is 0.0984. The summed E-state index contributed by atoms with van der Waals surface area (Å²) < 4.78 is 9.72. The average molecular weight is 755 g/mol. The molecule has 17 heteroatoms. The minimum absolute atomic E-state index is 0.0334. The number of amides is 6. The number of aliphatic hydroxyl groups excluding tert-OH is 1. The number of benzene rings is 2. The summed E-state index contributed by atoms with van der Waals surface area (Å²) in [5.74, 6) is -4.39. The Morgan fingerprint density at radius 1 is 0.909 bits per heavy atom. The molecule has 2 unspecified atom stereocenters. The van der Waals surface area contributed by atoms with Crippen LogP contribution in [0.4, 0.5) is 10.5 Å². The number of rotatable bonds is 11. The number of carbonyl (C=O) groups is 8. The molecule has 2 atom stereocenters. The molecule has 6 amide bonds. The van der Waals surface area contributed by atoms with Crippen molar-refractivity contribution in [3.63, 3.8) is 0 Å². The number of piperidine rings is 1. The van der Waals surface area contributed by atoms with E-state index in [0.29, 0.717) is 52.1 Å². The molecule has 2 aromatic carbocycles. The van der Waals surface area contributed by atoms with Crippen molar-refractivity contribution in [3.05, 3.63) is 88.7 Å². The molecule has 0 aromatic heterocycles. The van der Waals surface area contributed by atoms with Gasteiger partial charge in [-0.05, 0) is 30.0 Å². The Morgan fingerprint density at radius 3 is 2.40 bits per heavy atom. The first-order valence-electron chi connectivity index (χ1n) is 17.6. The van der Waals surface area contributed by atoms with Crippen molar-refractivity contribution in [2.24, 2.45) is 4.99 Å². The third-order valence-corrected chi connectivity index (χ3v) is 9.66. The average Bonchev–Trinajstić information content (AvgIpc) is 3.43. The van der Waals surface area contributed by atoms with Gasteiger partial charge in [-0.3, -0.25) is 54.2 Å². The number of piperazine rings is 1. The third kappa shape index (κ3) is 9.01. The number of ether oxygens (including phenoxy) is 2. The highest BCUT2D eigenvalue weighted by atomic mass is 16.7. The van der Waals surface area contributed by atoms with Gasteiger partial charge in [-0.15, -0.1) is 0 Å². The van der Waals surface area contributed by atoms with E-state index in [1.807, 2.05) is 30.3 Å². The molecule has 17 nitrogen and oxygen atoms in total. The molecule has 2 fully saturated rings. The van der Waals surface area contributed by atoms with E-state index in [4.69, 9.17) is 9.47 Å². The lowest BCUT2D eigenvalue weighted by molar-refractivity contribution is -0.146. The standard InChI is InChI=1S/C38H38N6O11/c45-29-19-24(23-5-2-1-3-6-23)20-30(46)26(29)21-39-13-14-42-15-17-43(18-16-42)32(48)11-12-33(49)54-22-55-38(53)40-27-8-4-7-25-34(27)37(52)44(36(25)51)28-9-10-31(47)41-35(28)50/h1-8,11-12,21,24,28,45H,9-10,13-20,22H2,(H,40,53)(H,41,47,50)/b12-11+,39-21?. The number of aliphatic imine (C=N–C) groups is 1. The minimum atomic E-state index is -1.18. The zero-order valence-electron chi connectivity index (χ0n) is 29.6. The van der Waals surface area contributed by atoms with Crippen molar-refractivity contribution in [2.45, 2.75) is 37.6 Å². The van der Waals surface area contributed by atoms with E-state index in [2.05, 4.69) is 20.5 Å². The maximum Gasteiger partial charge on any atom is 0.414 e. The number of hydrogen-bond donors (Lipinski definition) is 3. The fourth-order valence-electron chi connectivity index (χ4n) is 6.76. The molecule has 286 valence electrons. The van der Waals surface area contributed by atoms with Crippen molar-refractivity contribution >= 4 is 59.3 Å². The Kier molecular flexibility index (Phi) is 11.9. The van der Waals surface area contributed by atoms with E-state index in [0.717, 1.165) is 22.6 Å². The van der Waals surface area contributed by atoms with E-state index in [1.54, 1.807) is 4.90 Å². The SMILES string of the molecule is O=C1CCC(N2C(=O)c3cccc(NC(=O)OCOC(=O)/C=C/C(=O)N4CCN(CCN=CC5=C(O)CC(c6ccccc6)CC5=O)CC4)c3C2=O)C(=O)N1. The van der Waals surface area contributed by atoms with Crippen molar-refractivity contribution in [1.29, 1.82) is 0 Å². The highest BCUT2D eigenvalue weighted by Crippen LogP contribution is 2.34. The number of fused-ring (bicyclic) bond motifs is 1. The maximum absolute atomic E-state index is 13.2. The van der Waals surface area contributed by atoms with Crippen LogP contribution in [0.1, 0.15) is 57.9 Å². The Bertz CT molecular complexity index is 2000. The summed E-state index contributed by atoms with van der Waals surface area (Å²) in [5.41, 5.74) is 0.969. The molecule has 2 saturated heterocycles. The Hall–Kier alpha value is -6.49. The molecule has 4 aliphatic rings. The van der Waals surface area contributed by atoms with Crippen LogP contribution in [0.5, 0.6) is 0 Å². The lowest BCUT2D eigenvalue weighted by Crippen LogP contribution is -2.54. The molecule has 0 saturated carbocycles. The molecule has 55 heavy (non-hydrogen) atoms. The predicted octanol–water partition coefficient (Wildman–Crippen LogP) is 1.87. The topological polar surface area (TPSA) is 221 Å². The molecule has 0 spiro atoms. The number of allylic oxidation sites excluding steroid dienone is 2. The predicted molar refractivity (Wildman–Crippen MR) is 193 cm³/mol. The normalized spacial score (nSPS) is 20.6. The second kappa shape index (κ2) is 17.1. The second-order valence-electron chi connectivity index (χ2n) is 13.1. The Balaban J connectivity index is 0.886. The second-order valence-corrected chi connectivity index (χ2v) is 13.1. The van der Waals surface area contributed by atoms with Gasteiger partial charge in [0, 0.05) is 70.4 Å². The van der Waals surface area contributed by atoms with Gasteiger partial charge < -0.3 is 19.5 Å². The van der Waals surface area contributed by atoms with E-state index in [1.165, 1.54) is 24.4 Å². The van der Waals surface area contributed by atoms with E-state index >= 15 is 0 Å². The summed E-state index contributed by atoms with van der Waals surface area (Å²) in [6.07, 6.45) is 2.90. The van der Waals surface area contributed by atoms with Crippen LogP contribution in [0.2, 0.25) is 0 Å². The largest absolute Gasteiger partial charge is 0.511 e. The third-order valence-electron chi connectivity index (χ3n) is 9.66. The van der Waals surface area contributed by atoms with Gasteiger partial charge in [0.25, 0.3) is 11.8 Å². The summed E-state index contributed by atoms with van der Waals surface area (Å²) in [6, 6.07) is 12.6. The fraction of sp³-hybridized carbons (Fsp3) is 0.342. The molecule has 0 radical (unpaired) electrons. The molecule has 3 N–H and O–H groups in total. The molecule has 1 aliphatic carbocycles. The summed E-state index contributed by atoms with van der Waals surface area (Å²) in [6.45, 7) is 2.10. The van der Waals surface area contributed by atoms with E-state index < -0.39 is 54.4 Å². The van der Waals surface area contributed by atoms with Crippen molar-refractivity contribution in [1.82, 2.24) is 20.0 Å². The number of hydrogen-bond acceptors (Lipinski definition) is 13. The van der Waals surface area contributed by atoms with Crippen LogP contribution in [0.25, 0.3) is 0 Å². The van der Waals surface area contributed by atoms with E-state index in [-0.39, 0.29) is 52.7 Å². The molecular weight excluding hydrogens is 716 g/mol. The first-order valence-corrected chi connectivity index (χ1v) is 17.6. The van der Waals surface area contributed by atoms with Crippen molar-refractivity contribution in [2.75, 3.05) is 51.4 Å². The lowest BCUT2D eigenvalue weighted by atomic mass is 9.83. The summed E-state index contributed by atoms with van der Waals surface area (Å²) in [7, 11) is 0. The summed E-state index contributed by atoms with van der Waals surface area (Å²) in [4.78, 5) is 109. The number of imide groups is 2. The molecule has 2 aromatic rings. The molecular formula is C38H38N6O11. The van der Waals surface area contributed by atoms with Crippen LogP contribution >= 0.6 is 0 Å². The first-order chi connectivity index (χ1) is 26.5. The number of ketones is 1. The zero-order valence-corrected chi connectivity index (χ0v) is 29.6. The van der Waals surface area contributed by atoms with Crippen LogP contribution in [0.3, 0.4) is 0 Å². The number of carbonyl (C=O) groups excluding carboxylic acids is 8. The van der Waals surface area contributed by atoms with Gasteiger partial charge in [-0.25, -0.2) is 9.59 Å². The highest BCUT2D eigenvalue weighted by molar-refractivity contribution is 6.26. The molecule has 0 bridgehead atoms. The van der Waals surface area contributed by atoms with Crippen LogP contribution < -0.4 is 10.6 Å². The number of aliphatic hydroxyl groups is 1. The van der Waals surface area contributed by atoms with Gasteiger partial charge in [-0.2, -0.15) is 0 Å². The monoisotopic (exact) mass is 754 g/mol. The van der Waals surface area contributed by atoms with Crippen LogP contribution in [0, 0.1) is 0 Å². The zero-order chi connectivity index (χ0) is 39.1. The number of nitrogens with zero attached hydrogens (tertiary/aromatic N) is 4. The summed E-state index contributed by atoms with van der Waals surface area (Å²) >= 11 is 0. The van der Waals surface area contributed by atoms with Crippen LogP contribution in [-0.2, 0) is 33.4 Å². The highest BCUT2D eigenvalue weighted by Gasteiger charge is 2.45. The molecule has 3 aliphatic heterocycles. The minimum Gasteiger partial charge on any atom is -0.511 e. The van der Waals surface area contributed by atoms with Gasteiger partial charge in [0.05, 0.1) is 28.9 Å². The maximum atomic E-state index is 13.2. The van der Waals surface area contributed by atoms with Gasteiger partial charge in [-0.1, -0.05) is 36.4 Å². The number of Topliss-reactive ketones (excluding diaryl/α,β-unsaturated/α-hetero) is 1. The van der Waals surface area contributed by atoms with E-state index in [9.17, 15) is 43.5 Å². The molecule has 6 rings (SSSR count). The van der Waals surface area contributed by atoms with Gasteiger partial charge in [0.1, 0.15) is 11.8 Å². The van der Waals surface area contributed by atoms with Crippen LogP contribution in [-0.4, -0.2) is 126 Å². The Morgan fingerprint density at radius 2 is 1.67 bits per heavy atom. The Labute approximate surface area is 314 Å². The number of anilines is 1. The fourth-order valence-corrected chi connectivity index (χ4v) is 6.76. The van der Waals surface area contributed by atoms with Gasteiger partial charge in [0.2, 0.25) is 24.5 Å². The van der Waals surface area contributed by atoms with Crippen molar-refractivity contribution < 1.29 is 52.9 Å². The smallest absolute Gasteiger partial charge is 0.414 e. The number of esters is 1. The first kappa shape index (κ1) is 38.2. The van der Waals surface area contributed by atoms with Crippen LogP contribution in [0.15, 0.2) is 77.0 Å². The van der Waals surface area contributed by atoms with Crippen molar-refractivity contribution in [3.8, 4) is 0 Å².